The zero-order valence-electron chi connectivity index (χ0n) is 8.72. The number of piperidine rings is 1. The number of aromatic nitrogens is 1. The summed E-state index contributed by atoms with van der Waals surface area (Å²) < 4.78 is 37.4. The van der Waals surface area contributed by atoms with Gasteiger partial charge in [-0.2, -0.15) is 13.2 Å². The zero-order chi connectivity index (χ0) is 11.6. The third-order valence-electron chi connectivity index (χ3n) is 2.80. The van der Waals surface area contributed by atoms with Crippen molar-refractivity contribution in [3.8, 4) is 0 Å². The van der Waals surface area contributed by atoms with Crippen molar-refractivity contribution < 1.29 is 13.2 Å². The fraction of sp³-hybridized carbons (Fsp3) is 0.545. The molecule has 2 rings (SSSR count). The lowest BCUT2D eigenvalue weighted by Gasteiger charge is -2.24. The Hall–Kier alpha value is -1.10. The van der Waals surface area contributed by atoms with E-state index in [1.807, 2.05) is 0 Å². The molecule has 0 amide bonds. The molecular formula is C11H13F3N2. The average Bonchev–Trinajstić information content (AvgIpc) is 2.29. The Labute approximate surface area is 91.9 Å². The van der Waals surface area contributed by atoms with Crippen LogP contribution in [0.25, 0.3) is 0 Å². The highest BCUT2D eigenvalue weighted by Gasteiger charge is 2.31. The lowest BCUT2D eigenvalue weighted by molar-refractivity contribution is -0.137. The molecule has 1 atom stereocenters. The first kappa shape index (κ1) is 11.4. The maximum Gasteiger partial charge on any atom is 0.417 e. The molecule has 1 N–H and O–H groups in total. The Morgan fingerprint density at radius 2 is 2.06 bits per heavy atom. The van der Waals surface area contributed by atoms with Crippen LogP contribution in [0, 0.1) is 0 Å². The summed E-state index contributed by atoms with van der Waals surface area (Å²) in [5.74, 6) is 0. The maximum atomic E-state index is 12.5. The Morgan fingerprint density at radius 3 is 2.69 bits per heavy atom. The molecule has 1 aromatic heterocycles. The second kappa shape index (κ2) is 4.41. The number of alkyl halides is 3. The van der Waals surface area contributed by atoms with Crippen molar-refractivity contribution in [2.45, 2.75) is 31.5 Å². The van der Waals surface area contributed by atoms with Crippen molar-refractivity contribution in [2.75, 3.05) is 6.54 Å². The molecule has 1 aliphatic rings. The van der Waals surface area contributed by atoms with Crippen LogP contribution in [0.5, 0.6) is 0 Å². The van der Waals surface area contributed by atoms with Crippen molar-refractivity contribution in [1.82, 2.24) is 10.3 Å². The van der Waals surface area contributed by atoms with Gasteiger partial charge < -0.3 is 5.32 Å². The highest BCUT2D eigenvalue weighted by Crippen LogP contribution is 2.31. The van der Waals surface area contributed by atoms with Crippen LogP contribution >= 0.6 is 0 Å². The molecular weight excluding hydrogens is 217 g/mol. The molecule has 2 nitrogen and oxygen atoms in total. The first-order chi connectivity index (χ1) is 7.57. The quantitative estimate of drug-likeness (QED) is 0.802. The standard InChI is InChI=1S/C11H13F3N2/c12-11(13,14)9-5-8(6-15-7-9)10-3-1-2-4-16-10/h5-7,10,16H,1-4H2/t10-/m1/s1. The predicted octanol–water partition coefficient (Wildman–Crippen LogP) is 2.92. The zero-order valence-corrected chi connectivity index (χ0v) is 8.72. The highest BCUT2D eigenvalue weighted by atomic mass is 19.4. The molecule has 0 saturated carbocycles. The molecule has 1 aliphatic heterocycles. The van der Waals surface area contributed by atoms with Gasteiger partial charge in [0.2, 0.25) is 0 Å². The van der Waals surface area contributed by atoms with Crippen LogP contribution < -0.4 is 5.32 Å². The van der Waals surface area contributed by atoms with Gasteiger partial charge in [0, 0.05) is 18.4 Å². The summed E-state index contributed by atoms with van der Waals surface area (Å²) in [6.07, 6.45) is 1.09. The van der Waals surface area contributed by atoms with Gasteiger partial charge in [-0.1, -0.05) is 6.42 Å². The monoisotopic (exact) mass is 230 g/mol. The maximum absolute atomic E-state index is 12.5. The molecule has 5 heteroatoms. The Bertz CT molecular complexity index is 356. The highest BCUT2D eigenvalue weighted by molar-refractivity contribution is 5.23. The summed E-state index contributed by atoms with van der Waals surface area (Å²) in [6, 6.07) is 1.21. The molecule has 1 fully saturated rings. The molecule has 1 aromatic rings. The van der Waals surface area contributed by atoms with Gasteiger partial charge >= 0.3 is 6.18 Å². The largest absolute Gasteiger partial charge is 0.417 e. The van der Waals surface area contributed by atoms with Crippen LogP contribution in [0.4, 0.5) is 13.2 Å². The van der Waals surface area contributed by atoms with Gasteiger partial charge in [-0.3, -0.25) is 4.98 Å². The number of pyridine rings is 1. The van der Waals surface area contributed by atoms with Crippen LogP contribution in [0.15, 0.2) is 18.5 Å². The van der Waals surface area contributed by atoms with E-state index in [4.69, 9.17) is 0 Å². The van der Waals surface area contributed by atoms with E-state index in [1.54, 1.807) is 0 Å². The second-order valence-corrected chi connectivity index (χ2v) is 4.01. The summed E-state index contributed by atoms with van der Waals surface area (Å²) in [5, 5.41) is 3.21. The lowest BCUT2D eigenvalue weighted by atomic mass is 9.98. The SMILES string of the molecule is FC(F)(F)c1cncc([C@H]2CCCCN2)c1. The van der Waals surface area contributed by atoms with Crippen molar-refractivity contribution in [1.29, 1.82) is 0 Å². The molecule has 0 spiro atoms. The third-order valence-corrected chi connectivity index (χ3v) is 2.80. The Morgan fingerprint density at radius 1 is 1.25 bits per heavy atom. The van der Waals surface area contributed by atoms with Crippen LogP contribution in [0.2, 0.25) is 0 Å². The summed E-state index contributed by atoms with van der Waals surface area (Å²) in [4.78, 5) is 3.67. The lowest BCUT2D eigenvalue weighted by Crippen LogP contribution is -2.27. The summed E-state index contributed by atoms with van der Waals surface area (Å²) in [7, 11) is 0. The fourth-order valence-corrected chi connectivity index (χ4v) is 1.94. The summed E-state index contributed by atoms with van der Waals surface area (Å²) >= 11 is 0. The van der Waals surface area contributed by atoms with E-state index in [2.05, 4.69) is 10.3 Å². The van der Waals surface area contributed by atoms with Crippen molar-refractivity contribution in [3.05, 3.63) is 29.6 Å². The van der Waals surface area contributed by atoms with Gasteiger partial charge in [0.15, 0.2) is 0 Å². The molecule has 16 heavy (non-hydrogen) atoms. The molecule has 0 radical (unpaired) electrons. The molecule has 1 saturated heterocycles. The first-order valence-corrected chi connectivity index (χ1v) is 5.33. The number of hydrogen-bond donors (Lipinski definition) is 1. The van der Waals surface area contributed by atoms with Gasteiger partial charge in [0.1, 0.15) is 0 Å². The normalized spacial score (nSPS) is 22.1. The number of nitrogens with zero attached hydrogens (tertiary/aromatic N) is 1. The summed E-state index contributed by atoms with van der Waals surface area (Å²) in [6.45, 7) is 0.862. The van der Waals surface area contributed by atoms with Crippen molar-refractivity contribution >= 4 is 0 Å². The van der Waals surface area contributed by atoms with Crippen LogP contribution in [-0.4, -0.2) is 11.5 Å². The molecule has 2 heterocycles. The number of halogens is 3. The minimum absolute atomic E-state index is 0.0172. The molecule has 0 unspecified atom stereocenters. The Balaban J connectivity index is 2.21. The molecule has 0 bridgehead atoms. The van der Waals surface area contributed by atoms with Crippen molar-refractivity contribution in [3.63, 3.8) is 0 Å². The van der Waals surface area contributed by atoms with Crippen LogP contribution in [0.1, 0.15) is 36.4 Å². The van der Waals surface area contributed by atoms with Gasteiger partial charge in [-0.25, -0.2) is 0 Å². The second-order valence-electron chi connectivity index (χ2n) is 4.01. The van der Waals surface area contributed by atoms with E-state index in [-0.39, 0.29) is 6.04 Å². The molecule has 0 aromatic carbocycles. The number of nitrogens with one attached hydrogen (secondary N) is 1. The van der Waals surface area contributed by atoms with E-state index in [1.165, 1.54) is 12.3 Å². The van der Waals surface area contributed by atoms with Gasteiger partial charge in [0.05, 0.1) is 5.56 Å². The van der Waals surface area contributed by atoms with Gasteiger partial charge in [0.25, 0.3) is 0 Å². The summed E-state index contributed by atoms with van der Waals surface area (Å²) in [5.41, 5.74) is -0.0353. The van der Waals surface area contributed by atoms with E-state index in [0.717, 1.165) is 32.0 Å². The van der Waals surface area contributed by atoms with Crippen LogP contribution in [0.3, 0.4) is 0 Å². The fourth-order valence-electron chi connectivity index (χ4n) is 1.94. The Kier molecular flexibility index (Phi) is 3.14. The van der Waals surface area contributed by atoms with E-state index < -0.39 is 11.7 Å². The van der Waals surface area contributed by atoms with Gasteiger partial charge in [-0.15, -0.1) is 0 Å². The van der Waals surface area contributed by atoms with E-state index in [0.29, 0.717) is 5.56 Å². The van der Waals surface area contributed by atoms with E-state index in [9.17, 15) is 13.2 Å². The molecule has 0 aliphatic carbocycles. The smallest absolute Gasteiger partial charge is 0.310 e. The van der Waals surface area contributed by atoms with Gasteiger partial charge in [-0.05, 0) is 31.0 Å². The number of hydrogen-bond acceptors (Lipinski definition) is 2. The van der Waals surface area contributed by atoms with Crippen molar-refractivity contribution in [2.24, 2.45) is 0 Å². The third kappa shape index (κ3) is 2.52. The predicted molar refractivity (Wildman–Crippen MR) is 53.8 cm³/mol. The number of rotatable bonds is 1. The first-order valence-electron chi connectivity index (χ1n) is 5.33. The molecule has 88 valence electrons. The van der Waals surface area contributed by atoms with Crippen LogP contribution in [-0.2, 0) is 6.18 Å². The minimum atomic E-state index is -4.31. The van der Waals surface area contributed by atoms with E-state index >= 15 is 0 Å². The average molecular weight is 230 g/mol. The minimum Gasteiger partial charge on any atom is -0.310 e. The topological polar surface area (TPSA) is 24.9 Å².